The van der Waals surface area contributed by atoms with Crippen LogP contribution in [0.25, 0.3) is 0 Å². The lowest BCUT2D eigenvalue weighted by atomic mass is 10.2. The van der Waals surface area contributed by atoms with E-state index in [1.807, 2.05) is 29.6 Å². The lowest BCUT2D eigenvalue weighted by Gasteiger charge is -2.08. The van der Waals surface area contributed by atoms with E-state index in [-0.39, 0.29) is 12.3 Å². The molecule has 0 spiro atoms. The normalized spacial score (nSPS) is 10.3. The molecular formula is C17H20N2O4S. The summed E-state index contributed by atoms with van der Waals surface area (Å²) >= 11 is 1.55. The van der Waals surface area contributed by atoms with Gasteiger partial charge in [0.15, 0.2) is 0 Å². The predicted molar refractivity (Wildman–Crippen MR) is 91.1 cm³/mol. The zero-order valence-electron chi connectivity index (χ0n) is 13.2. The second-order valence-corrected chi connectivity index (χ2v) is 6.17. The molecule has 1 heterocycles. The van der Waals surface area contributed by atoms with E-state index in [2.05, 4.69) is 10.3 Å². The second-order valence-electron chi connectivity index (χ2n) is 5.19. The number of aryl methyl sites for hydroxylation is 1. The maximum atomic E-state index is 11.8. The molecule has 6 nitrogen and oxygen atoms in total. The summed E-state index contributed by atoms with van der Waals surface area (Å²) in [6.45, 7) is 0.842. The third kappa shape index (κ3) is 6.78. The summed E-state index contributed by atoms with van der Waals surface area (Å²) in [5, 5.41) is 14.3. The largest absolute Gasteiger partial charge is 0.494 e. The molecule has 0 fully saturated rings. The van der Waals surface area contributed by atoms with Crippen LogP contribution < -0.4 is 10.1 Å². The Morgan fingerprint density at radius 3 is 2.67 bits per heavy atom. The van der Waals surface area contributed by atoms with Crippen LogP contribution in [0.1, 0.15) is 29.8 Å². The number of carbonyl (C=O) groups excluding carboxylic acids is 1. The van der Waals surface area contributed by atoms with Gasteiger partial charge in [-0.1, -0.05) is 12.1 Å². The second kappa shape index (κ2) is 9.67. The minimum atomic E-state index is -0.820. The quantitative estimate of drug-likeness (QED) is 0.644. The number of thiazole rings is 1. The van der Waals surface area contributed by atoms with Crippen molar-refractivity contribution in [3.63, 3.8) is 0 Å². The van der Waals surface area contributed by atoms with E-state index < -0.39 is 5.97 Å². The van der Waals surface area contributed by atoms with Crippen LogP contribution in [-0.4, -0.2) is 28.6 Å². The van der Waals surface area contributed by atoms with Crippen LogP contribution >= 0.6 is 11.3 Å². The standard InChI is InChI=1S/C17H20N2O4S/c20-15(7-8-16-18-9-11-24-16)19-12-13-3-5-14(6-4-13)23-10-1-2-17(21)22/h3-6,9,11H,1-2,7-8,10,12H2,(H,19,20)(H,21,22). The number of rotatable bonds is 10. The SMILES string of the molecule is O=C(O)CCCOc1ccc(CNC(=O)CCc2nccs2)cc1. The van der Waals surface area contributed by atoms with Crippen LogP contribution in [-0.2, 0) is 22.6 Å². The zero-order chi connectivity index (χ0) is 17.2. The summed E-state index contributed by atoms with van der Waals surface area (Å²) in [4.78, 5) is 26.4. The van der Waals surface area contributed by atoms with Crippen LogP contribution in [0.15, 0.2) is 35.8 Å². The summed E-state index contributed by atoms with van der Waals surface area (Å²) in [6.07, 6.45) is 3.41. The number of carbonyl (C=O) groups is 2. The van der Waals surface area contributed by atoms with Gasteiger partial charge in [-0.25, -0.2) is 4.98 Å². The number of hydrogen-bond donors (Lipinski definition) is 2. The van der Waals surface area contributed by atoms with Crippen LogP contribution in [0.3, 0.4) is 0 Å². The van der Waals surface area contributed by atoms with Crippen molar-refractivity contribution in [3.8, 4) is 5.75 Å². The Balaban J connectivity index is 1.65. The van der Waals surface area contributed by atoms with Gasteiger partial charge in [-0.15, -0.1) is 11.3 Å². The monoisotopic (exact) mass is 348 g/mol. The first-order chi connectivity index (χ1) is 11.6. The van der Waals surface area contributed by atoms with Crippen LogP contribution in [0.5, 0.6) is 5.75 Å². The molecule has 0 aliphatic rings. The van der Waals surface area contributed by atoms with E-state index in [9.17, 15) is 9.59 Å². The van der Waals surface area contributed by atoms with E-state index >= 15 is 0 Å². The average Bonchev–Trinajstić information content (AvgIpc) is 3.09. The van der Waals surface area contributed by atoms with Crippen molar-refractivity contribution >= 4 is 23.2 Å². The molecule has 1 amide bonds. The van der Waals surface area contributed by atoms with Gasteiger partial charge in [0.25, 0.3) is 0 Å². The number of amides is 1. The molecule has 0 aliphatic carbocycles. The number of benzene rings is 1. The summed E-state index contributed by atoms with van der Waals surface area (Å²) < 4.78 is 5.46. The van der Waals surface area contributed by atoms with Gasteiger partial charge in [0.05, 0.1) is 11.6 Å². The lowest BCUT2D eigenvalue weighted by molar-refractivity contribution is -0.137. The van der Waals surface area contributed by atoms with Gasteiger partial charge in [0.1, 0.15) is 5.75 Å². The molecule has 0 unspecified atom stereocenters. The number of carboxylic acid groups (broad SMARTS) is 1. The molecule has 1 aromatic heterocycles. The van der Waals surface area contributed by atoms with E-state index in [1.54, 1.807) is 17.5 Å². The summed E-state index contributed by atoms with van der Waals surface area (Å²) in [7, 11) is 0. The smallest absolute Gasteiger partial charge is 0.303 e. The van der Waals surface area contributed by atoms with Crippen molar-refractivity contribution in [2.45, 2.75) is 32.2 Å². The summed E-state index contributed by atoms with van der Waals surface area (Å²) in [6, 6.07) is 7.40. The third-order valence-corrected chi connectivity index (χ3v) is 4.11. The minimum absolute atomic E-state index is 0.000743. The molecule has 0 bridgehead atoms. The highest BCUT2D eigenvalue weighted by Crippen LogP contribution is 2.13. The number of aromatic nitrogens is 1. The van der Waals surface area contributed by atoms with Crippen molar-refractivity contribution in [2.75, 3.05) is 6.61 Å². The molecule has 2 N–H and O–H groups in total. The van der Waals surface area contributed by atoms with Gasteiger partial charge in [-0.3, -0.25) is 9.59 Å². The lowest BCUT2D eigenvalue weighted by Crippen LogP contribution is -2.22. The van der Waals surface area contributed by atoms with Crippen LogP contribution in [0.4, 0.5) is 0 Å². The van der Waals surface area contributed by atoms with E-state index in [1.165, 1.54) is 0 Å². The maximum absolute atomic E-state index is 11.8. The fourth-order valence-electron chi connectivity index (χ4n) is 2.00. The fraction of sp³-hybridized carbons (Fsp3) is 0.353. The molecule has 128 valence electrons. The Hall–Kier alpha value is -2.41. The molecule has 0 aliphatic heterocycles. The molecule has 2 aromatic rings. The third-order valence-electron chi connectivity index (χ3n) is 3.27. The van der Waals surface area contributed by atoms with Crippen molar-refractivity contribution in [2.24, 2.45) is 0 Å². The Kier molecular flexibility index (Phi) is 7.22. The number of carboxylic acids is 1. The van der Waals surface area contributed by atoms with E-state index in [4.69, 9.17) is 9.84 Å². The van der Waals surface area contributed by atoms with Gasteiger partial charge >= 0.3 is 5.97 Å². The highest BCUT2D eigenvalue weighted by atomic mass is 32.1. The van der Waals surface area contributed by atoms with Crippen molar-refractivity contribution in [1.82, 2.24) is 10.3 Å². The predicted octanol–water partition coefficient (Wildman–Crippen LogP) is 2.64. The molecule has 2 rings (SSSR count). The number of hydrogen-bond acceptors (Lipinski definition) is 5. The van der Waals surface area contributed by atoms with Gasteiger partial charge in [-0.2, -0.15) is 0 Å². The van der Waals surface area contributed by atoms with E-state index in [0.717, 1.165) is 10.6 Å². The number of nitrogens with zero attached hydrogens (tertiary/aromatic N) is 1. The highest BCUT2D eigenvalue weighted by molar-refractivity contribution is 7.09. The van der Waals surface area contributed by atoms with Gasteiger partial charge in [0.2, 0.25) is 5.91 Å². The number of aliphatic carboxylic acids is 1. The summed E-state index contributed by atoms with van der Waals surface area (Å²) in [5.74, 6) is -0.127. The first kappa shape index (κ1) is 17.9. The topological polar surface area (TPSA) is 88.5 Å². The molecule has 7 heteroatoms. The van der Waals surface area contributed by atoms with Gasteiger partial charge in [-0.05, 0) is 24.1 Å². The zero-order valence-corrected chi connectivity index (χ0v) is 14.1. The minimum Gasteiger partial charge on any atom is -0.494 e. The van der Waals surface area contributed by atoms with Crippen molar-refractivity contribution in [1.29, 1.82) is 0 Å². The Bertz CT molecular complexity index is 641. The Labute approximate surface area is 144 Å². The molecule has 0 radical (unpaired) electrons. The Morgan fingerprint density at radius 1 is 1.21 bits per heavy atom. The molecule has 24 heavy (non-hydrogen) atoms. The molecule has 1 aromatic carbocycles. The first-order valence-electron chi connectivity index (χ1n) is 7.72. The average molecular weight is 348 g/mol. The van der Waals surface area contributed by atoms with Gasteiger partial charge in [0, 0.05) is 37.4 Å². The number of nitrogens with one attached hydrogen (secondary N) is 1. The van der Waals surface area contributed by atoms with Crippen molar-refractivity contribution < 1.29 is 19.4 Å². The molecule has 0 atom stereocenters. The van der Waals surface area contributed by atoms with Crippen LogP contribution in [0, 0.1) is 0 Å². The fourth-order valence-corrected chi connectivity index (χ4v) is 2.62. The van der Waals surface area contributed by atoms with Crippen LogP contribution in [0.2, 0.25) is 0 Å². The first-order valence-corrected chi connectivity index (χ1v) is 8.60. The molecule has 0 saturated heterocycles. The molecular weight excluding hydrogens is 328 g/mol. The molecule has 0 saturated carbocycles. The summed E-state index contributed by atoms with van der Waals surface area (Å²) in [5.41, 5.74) is 0.982. The highest BCUT2D eigenvalue weighted by Gasteiger charge is 2.04. The van der Waals surface area contributed by atoms with Crippen molar-refractivity contribution in [3.05, 3.63) is 46.4 Å². The van der Waals surface area contributed by atoms with Gasteiger partial charge < -0.3 is 15.2 Å². The maximum Gasteiger partial charge on any atom is 0.303 e. The number of ether oxygens (including phenoxy) is 1. The Morgan fingerprint density at radius 2 is 2.00 bits per heavy atom. The van der Waals surface area contributed by atoms with E-state index in [0.29, 0.717) is 38.2 Å².